The van der Waals surface area contributed by atoms with E-state index in [-0.39, 0.29) is 28.8 Å². The van der Waals surface area contributed by atoms with Gasteiger partial charge >= 0.3 is 6.03 Å². The van der Waals surface area contributed by atoms with E-state index in [1.165, 1.54) is 10.9 Å². The molecule has 1 atom stereocenters. The number of likely N-dealkylation sites (N-methyl/N-ethyl adjacent to an activating group) is 2. The Hall–Kier alpha value is -2.53. The lowest BCUT2D eigenvalue weighted by molar-refractivity contribution is 0.159. The van der Waals surface area contributed by atoms with Crippen molar-refractivity contribution in [1.82, 2.24) is 29.6 Å². The first-order valence-electron chi connectivity index (χ1n) is 10.8. The maximum absolute atomic E-state index is 12.9. The molecule has 0 saturated heterocycles. The normalized spacial score (nSPS) is 19.2. The molecule has 10 nitrogen and oxygen atoms in total. The van der Waals surface area contributed by atoms with Crippen molar-refractivity contribution < 1.29 is 17.9 Å². The Morgan fingerprint density at radius 3 is 2.53 bits per heavy atom. The minimum Gasteiger partial charge on any atom is -0.477 e. The van der Waals surface area contributed by atoms with Gasteiger partial charge in [-0.05, 0) is 37.6 Å². The first kappa shape index (κ1) is 24.1. The Balaban J connectivity index is 1.90. The average Bonchev–Trinajstić information content (AvgIpc) is 3.11. The highest BCUT2D eigenvalue weighted by atomic mass is 32.2. The minimum absolute atomic E-state index is 0.0261. The summed E-state index contributed by atoms with van der Waals surface area (Å²) >= 11 is 0. The summed E-state index contributed by atoms with van der Waals surface area (Å²) in [6.07, 6.45) is 4.09. The van der Waals surface area contributed by atoms with Crippen LogP contribution in [0.15, 0.2) is 34.1 Å². The predicted molar refractivity (Wildman–Crippen MR) is 121 cm³/mol. The Kier molecular flexibility index (Phi) is 6.89. The van der Waals surface area contributed by atoms with Gasteiger partial charge in [-0.1, -0.05) is 27.7 Å². The lowest BCUT2D eigenvalue weighted by Crippen LogP contribution is -2.48. The summed E-state index contributed by atoms with van der Waals surface area (Å²) in [6, 6.07) is -0.822. The maximum Gasteiger partial charge on any atom is 0.333 e. The zero-order valence-electron chi connectivity index (χ0n) is 19.8. The number of amides is 2. The topological polar surface area (TPSA) is 109 Å². The molecule has 3 heterocycles. The van der Waals surface area contributed by atoms with Crippen LogP contribution < -0.4 is 14.8 Å². The zero-order valence-corrected chi connectivity index (χ0v) is 20.7. The number of hydrogen-bond donors (Lipinski definition) is 2. The van der Waals surface area contributed by atoms with E-state index in [1.807, 2.05) is 21.1 Å². The Morgan fingerprint density at radius 2 is 1.94 bits per heavy atom. The highest BCUT2D eigenvalue weighted by Gasteiger charge is 2.33. The molecule has 2 amide bonds. The third kappa shape index (κ3) is 4.63. The van der Waals surface area contributed by atoms with E-state index in [2.05, 4.69) is 58.7 Å². The molecule has 0 bridgehead atoms. The lowest BCUT2D eigenvalue weighted by Gasteiger charge is -2.42. The minimum atomic E-state index is -4.16. The van der Waals surface area contributed by atoms with Crippen molar-refractivity contribution in [1.29, 1.82) is 0 Å². The number of allylic oxidation sites excluding steroid dienone is 2. The van der Waals surface area contributed by atoms with Crippen LogP contribution >= 0.6 is 0 Å². The summed E-state index contributed by atoms with van der Waals surface area (Å²) in [7, 11) is 1.82. The summed E-state index contributed by atoms with van der Waals surface area (Å²) in [6.45, 7) is 9.18. The van der Waals surface area contributed by atoms with Crippen LogP contribution in [0, 0.1) is 11.8 Å². The third-order valence-corrected chi connectivity index (χ3v) is 6.93. The van der Waals surface area contributed by atoms with Crippen LogP contribution in [0.1, 0.15) is 34.1 Å². The van der Waals surface area contributed by atoms with Gasteiger partial charge in [0.1, 0.15) is 6.17 Å². The van der Waals surface area contributed by atoms with Gasteiger partial charge in [-0.2, -0.15) is 5.10 Å². The zero-order chi connectivity index (χ0) is 23.8. The van der Waals surface area contributed by atoms with Crippen molar-refractivity contribution in [3.05, 3.63) is 29.2 Å². The Morgan fingerprint density at radius 1 is 1.25 bits per heavy atom. The Labute approximate surface area is 190 Å². The van der Waals surface area contributed by atoms with Gasteiger partial charge in [0.05, 0.1) is 18.5 Å². The fraction of sp³-hybridized carbons (Fsp3) is 0.619. The second kappa shape index (κ2) is 9.14. The quantitative estimate of drug-likeness (QED) is 0.659. The first-order valence-corrected chi connectivity index (χ1v) is 12.3. The van der Waals surface area contributed by atoms with Gasteiger partial charge in [-0.25, -0.2) is 22.6 Å². The molecule has 1 aromatic heterocycles. The highest BCUT2D eigenvalue weighted by Crippen LogP contribution is 2.33. The van der Waals surface area contributed by atoms with Crippen LogP contribution in [0.3, 0.4) is 0 Å². The molecule has 0 aliphatic carbocycles. The number of sulfonamides is 1. The molecule has 0 saturated carbocycles. The van der Waals surface area contributed by atoms with E-state index < -0.39 is 16.1 Å². The molecule has 0 aromatic carbocycles. The van der Waals surface area contributed by atoms with Crippen molar-refractivity contribution in [2.45, 2.75) is 51.7 Å². The molecular weight excluding hydrogens is 432 g/mol. The number of urea groups is 1. The highest BCUT2D eigenvalue weighted by molar-refractivity contribution is 7.90. The number of hydrogen-bond acceptors (Lipinski definition) is 7. The molecule has 1 aromatic rings. The number of fused-ring (bicyclic) bond motifs is 1. The summed E-state index contributed by atoms with van der Waals surface area (Å²) in [4.78, 5) is 16.9. The fourth-order valence-electron chi connectivity index (χ4n) is 4.18. The molecule has 3 rings (SSSR count). The number of aryl methyl sites for hydroxylation is 1. The van der Waals surface area contributed by atoms with Crippen LogP contribution in [0.5, 0.6) is 5.88 Å². The average molecular weight is 467 g/mol. The molecule has 0 spiro atoms. The van der Waals surface area contributed by atoms with Crippen molar-refractivity contribution in [2.75, 3.05) is 27.7 Å². The van der Waals surface area contributed by atoms with Crippen molar-refractivity contribution in [2.24, 2.45) is 11.8 Å². The van der Waals surface area contributed by atoms with E-state index in [4.69, 9.17) is 4.74 Å². The molecule has 178 valence electrons. The second-order valence-electron chi connectivity index (χ2n) is 8.98. The molecular formula is C21H34N6O4S. The van der Waals surface area contributed by atoms with Crippen LogP contribution in [-0.2, 0) is 16.6 Å². The van der Waals surface area contributed by atoms with Gasteiger partial charge < -0.3 is 15.0 Å². The summed E-state index contributed by atoms with van der Waals surface area (Å²) in [5.41, 5.74) is 2.54. The molecule has 2 aliphatic heterocycles. The van der Waals surface area contributed by atoms with Gasteiger partial charge in [0.15, 0.2) is 4.90 Å². The summed E-state index contributed by atoms with van der Waals surface area (Å²) < 4.78 is 34.9. The van der Waals surface area contributed by atoms with Crippen molar-refractivity contribution in [3.63, 3.8) is 0 Å². The van der Waals surface area contributed by atoms with Gasteiger partial charge in [0.25, 0.3) is 10.0 Å². The monoisotopic (exact) mass is 466 g/mol. The predicted octanol–water partition coefficient (Wildman–Crippen LogP) is 1.94. The summed E-state index contributed by atoms with van der Waals surface area (Å²) in [5, 5.41) is 6.89. The third-order valence-electron chi connectivity index (χ3n) is 5.62. The number of rotatable bonds is 6. The number of carbonyl (C=O) groups excluding carboxylic acids is 1. The first-order chi connectivity index (χ1) is 14.9. The smallest absolute Gasteiger partial charge is 0.333 e. The molecule has 0 fully saturated rings. The molecule has 11 heteroatoms. The second-order valence-corrected chi connectivity index (χ2v) is 10.6. The number of carbonyl (C=O) groups is 1. The number of nitrogens with zero attached hydrogens (tertiary/aromatic N) is 4. The molecule has 32 heavy (non-hydrogen) atoms. The SMILES string of the molecule is CC(C)C1=CC(N(C)C)N(C)C(C(C)C)=C1NC(=O)NS(=O)(=O)c1cnn2c1OCCC2. The molecule has 2 aliphatic rings. The van der Waals surface area contributed by atoms with E-state index in [1.54, 1.807) is 0 Å². The van der Waals surface area contributed by atoms with Gasteiger partial charge in [-0.15, -0.1) is 0 Å². The van der Waals surface area contributed by atoms with Crippen molar-refractivity contribution in [3.8, 4) is 5.88 Å². The van der Waals surface area contributed by atoms with Crippen LogP contribution in [0.2, 0.25) is 0 Å². The summed E-state index contributed by atoms with van der Waals surface area (Å²) in [5.74, 6) is 0.392. The Bertz CT molecular complexity index is 1040. The number of ether oxygens (including phenoxy) is 1. The molecule has 2 N–H and O–H groups in total. The fourth-order valence-corrected chi connectivity index (χ4v) is 5.16. The van der Waals surface area contributed by atoms with Crippen LogP contribution in [0.4, 0.5) is 4.79 Å². The van der Waals surface area contributed by atoms with E-state index in [0.717, 1.165) is 17.7 Å². The van der Waals surface area contributed by atoms with Gasteiger partial charge in [0, 0.05) is 25.7 Å². The number of nitrogens with one attached hydrogen (secondary N) is 2. The van der Waals surface area contributed by atoms with E-state index >= 15 is 0 Å². The lowest BCUT2D eigenvalue weighted by atomic mass is 9.90. The number of aromatic nitrogens is 2. The van der Waals surface area contributed by atoms with E-state index in [9.17, 15) is 13.2 Å². The molecule has 0 radical (unpaired) electrons. The van der Waals surface area contributed by atoms with Crippen LogP contribution in [0.25, 0.3) is 0 Å². The van der Waals surface area contributed by atoms with Gasteiger partial charge in [-0.3, -0.25) is 4.90 Å². The van der Waals surface area contributed by atoms with Crippen molar-refractivity contribution >= 4 is 16.1 Å². The standard InChI is InChI=1S/C21H34N6O4S/c1-13(2)15-11-17(25(5)6)26(7)19(14(3)4)18(15)23-21(28)24-32(29,30)16-12-22-27-9-8-10-31-20(16)27/h11-14,17H,8-10H2,1-7H3,(H2,23,24,28). The maximum atomic E-state index is 12.9. The largest absolute Gasteiger partial charge is 0.477 e. The molecule has 1 unspecified atom stereocenters. The van der Waals surface area contributed by atoms with Crippen LogP contribution in [-0.4, -0.2) is 67.9 Å². The van der Waals surface area contributed by atoms with E-state index in [0.29, 0.717) is 18.8 Å². The van der Waals surface area contributed by atoms with Gasteiger partial charge in [0.2, 0.25) is 5.88 Å².